The Morgan fingerprint density at radius 1 is 0.947 bits per heavy atom. The lowest BCUT2D eigenvalue weighted by Crippen LogP contribution is -2.73. The molecular weight excluding hydrogens is 480 g/mol. The van der Waals surface area contributed by atoms with Crippen LogP contribution < -0.4 is 0 Å². The number of hydrogen-bond donors (Lipinski definition) is 4. The van der Waals surface area contributed by atoms with Crippen LogP contribution in [0, 0.1) is 63.6 Å². The van der Waals surface area contributed by atoms with Gasteiger partial charge in [-0.25, -0.2) is 0 Å². The predicted molar refractivity (Wildman–Crippen MR) is 146 cm³/mol. The zero-order valence-electron chi connectivity index (χ0n) is 25.0. The standard InChI is InChI=1S/C32H54O6/c1-16(2)18(4)29(6)15-24(29)17(3)22-9-10-23-21-13-25(35)32(37)14-20(34)11-12-30(32,7)26(21)27(36)28(31(22,23)8)38-19(5)33/h16-18,20-28,34-37H,9-15H2,1-8H3/t17-,18+,20-,21-,22+,23?,24+,25+,26?,27-,28+,29+,30+,31+,32-/m0/s1. The molecule has 6 heteroatoms. The van der Waals surface area contributed by atoms with Crippen molar-refractivity contribution in [2.24, 2.45) is 63.6 Å². The van der Waals surface area contributed by atoms with Crippen LogP contribution in [0.2, 0.25) is 0 Å². The Morgan fingerprint density at radius 3 is 2.21 bits per heavy atom. The maximum absolute atomic E-state index is 12.5. The molecule has 5 saturated carbocycles. The average molecular weight is 535 g/mol. The smallest absolute Gasteiger partial charge is 0.303 e. The molecule has 0 aromatic heterocycles. The molecule has 4 N–H and O–H groups in total. The molecule has 0 amide bonds. The van der Waals surface area contributed by atoms with Gasteiger partial charge in [0.25, 0.3) is 0 Å². The molecule has 2 unspecified atom stereocenters. The Bertz CT molecular complexity index is 937. The van der Waals surface area contributed by atoms with E-state index in [1.807, 2.05) is 6.92 Å². The van der Waals surface area contributed by atoms with Gasteiger partial charge in [-0.3, -0.25) is 4.79 Å². The molecule has 0 heterocycles. The van der Waals surface area contributed by atoms with Gasteiger partial charge >= 0.3 is 5.97 Å². The topological polar surface area (TPSA) is 107 Å². The van der Waals surface area contributed by atoms with Crippen LogP contribution in [0.4, 0.5) is 0 Å². The monoisotopic (exact) mass is 534 g/mol. The Labute approximate surface area is 229 Å². The predicted octanol–water partition coefficient (Wildman–Crippen LogP) is 4.56. The van der Waals surface area contributed by atoms with Crippen molar-refractivity contribution in [3.05, 3.63) is 0 Å². The van der Waals surface area contributed by atoms with Gasteiger partial charge in [-0.2, -0.15) is 0 Å². The van der Waals surface area contributed by atoms with Crippen LogP contribution in [0.1, 0.15) is 100 Å². The normalized spacial score (nSPS) is 55.4. The van der Waals surface area contributed by atoms with Gasteiger partial charge in [-0.1, -0.05) is 48.5 Å². The second-order valence-corrected chi connectivity index (χ2v) is 15.6. The van der Waals surface area contributed by atoms with E-state index in [4.69, 9.17) is 4.74 Å². The number of esters is 1. The van der Waals surface area contributed by atoms with E-state index in [9.17, 15) is 25.2 Å². The van der Waals surface area contributed by atoms with Crippen molar-refractivity contribution in [3.63, 3.8) is 0 Å². The maximum atomic E-state index is 12.5. The quantitative estimate of drug-likeness (QED) is 0.385. The molecule has 5 rings (SSSR count). The Balaban J connectivity index is 1.52. The summed E-state index contributed by atoms with van der Waals surface area (Å²) in [6.45, 7) is 17.5. The molecule has 38 heavy (non-hydrogen) atoms. The molecule has 0 saturated heterocycles. The first-order chi connectivity index (χ1) is 17.5. The lowest BCUT2D eigenvalue weighted by molar-refractivity contribution is -0.302. The minimum Gasteiger partial charge on any atom is -0.459 e. The summed E-state index contributed by atoms with van der Waals surface area (Å²) in [5, 5.41) is 45.9. The van der Waals surface area contributed by atoms with Gasteiger partial charge < -0.3 is 25.2 Å². The third-order valence-corrected chi connectivity index (χ3v) is 13.9. The van der Waals surface area contributed by atoms with E-state index in [2.05, 4.69) is 41.5 Å². The van der Waals surface area contributed by atoms with Crippen molar-refractivity contribution in [2.75, 3.05) is 0 Å². The number of carbonyl (C=O) groups excluding carboxylic acids is 1. The first kappa shape index (κ1) is 28.8. The SMILES string of the molecule is CC(=O)O[C@@H]1[C@@H](O)C2[C@@H](C[C@@H](O)[C@@]3(O)C[C@@H](O)CC[C@]23C)C2CC[C@H]([C@H](C)[C@H]3C[C@]3(C)[C@H](C)C(C)C)[C@]21C. The first-order valence-electron chi connectivity index (χ1n) is 15.5. The lowest BCUT2D eigenvalue weighted by atomic mass is 9.41. The van der Waals surface area contributed by atoms with Gasteiger partial charge in [0, 0.05) is 24.2 Å². The summed E-state index contributed by atoms with van der Waals surface area (Å²) in [5.74, 6) is 2.22. The molecular formula is C32H54O6. The van der Waals surface area contributed by atoms with Crippen LogP contribution in [0.25, 0.3) is 0 Å². The molecule has 0 bridgehead atoms. The van der Waals surface area contributed by atoms with E-state index < -0.39 is 40.8 Å². The third kappa shape index (κ3) is 3.75. The maximum Gasteiger partial charge on any atom is 0.303 e. The summed E-state index contributed by atoms with van der Waals surface area (Å²) in [7, 11) is 0. The van der Waals surface area contributed by atoms with Crippen LogP contribution >= 0.6 is 0 Å². The average Bonchev–Trinajstić information content (AvgIpc) is 3.39. The number of fused-ring (bicyclic) bond motifs is 5. The van der Waals surface area contributed by atoms with Gasteiger partial charge in [0.15, 0.2) is 0 Å². The highest BCUT2D eigenvalue weighted by molar-refractivity contribution is 5.66. The second-order valence-electron chi connectivity index (χ2n) is 15.6. The van der Waals surface area contributed by atoms with Crippen molar-refractivity contribution < 1.29 is 30.0 Å². The summed E-state index contributed by atoms with van der Waals surface area (Å²) in [6, 6.07) is 0. The molecule has 218 valence electrons. The fraction of sp³-hybridized carbons (Fsp3) is 0.969. The molecule has 0 spiro atoms. The Hall–Kier alpha value is -0.690. The van der Waals surface area contributed by atoms with Gasteiger partial charge in [0.05, 0.1) is 23.9 Å². The minimum absolute atomic E-state index is 0.0368. The van der Waals surface area contributed by atoms with E-state index in [1.165, 1.54) is 13.3 Å². The van der Waals surface area contributed by atoms with E-state index in [1.54, 1.807) is 0 Å². The summed E-state index contributed by atoms with van der Waals surface area (Å²) in [6.07, 6.45) is 1.69. The van der Waals surface area contributed by atoms with Crippen molar-refractivity contribution in [2.45, 2.75) is 130 Å². The third-order valence-electron chi connectivity index (χ3n) is 13.9. The highest BCUT2D eigenvalue weighted by atomic mass is 16.6. The van der Waals surface area contributed by atoms with Gasteiger partial charge in [0.1, 0.15) is 6.10 Å². The van der Waals surface area contributed by atoms with Crippen LogP contribution in [0.5, 0.6) is 0 Å². The van der Waals surface area contributed by atoms with Crippen LogP contribution in [0.15, 0.2) is 0 Å². The zero-order valence-corrected chi connectivity index (χ0v) is 25.0. The molecule has 5 aliphatic carbocycles. The molecule has 0 radical (unpaired) electrons. The molecule has 15 atom stereocenters. The van der Waals surface area contributed by atoms with Gasteiger partial charge in [-0.15, -0.1) is 0 Å². The van der Waals surface area contributed by atoms with E-state index in [-0.39, 0.29) is 30.1 Å². The summed E-state index contributed by atoms with van der Waals surface area (Å²) >= 11 is 0. The molecule has 6 nitrogen and oxygen atoms in total. The molecule has 0 aliphatic heterocycles. The fourth-order valence-corrected chi connectivity index (χ4v) is 11.3. The first-order valence-corrected chi connectivity index (χ1v) is 15.5. The molecule has 5 aliphatic rings. The van der Waals surface area contributed by atoms with E-state index >= 15 is 0 Å². The second kappa shape index (κ2) is 9.16. The van der Waals surface area contributed by atoms with Crippen LogP contribution in [0.3, 0.4) is 0 Å². The van der Waals surface area contributed by atoms with Crippen molar-refractivity contribution >= 4 is 5.97 Å². The molecule has 0 aromatic rings. The Morgan fingerprint density at radius 2 is 1.61 bits per heavy atom. The number of aliphatic hydroxyl groups is 4. The fourth-order valence-electron chi connectivity index (χ4n) is 11.3. The number of rotatable bonds is 5. The summed E-state index contributed by atoms with van der Waals surface area (Å²) in [4.78, 5) is 12.5. The van der Waals surface area contributed by atoms with Crippen LogP contribution in [-0.4, -0.2) is 56.4 Å². The minimum atomic E-state index is -1.46. The van der Waals surface area contributed by atoms with Crippen molar-refractivity contribution in [3.8, 4) is 0 Å². The highest BCUT2D eigenvalue weighted by Crippen LogP contribution is 2.72. The number of aliphatic hydroxyl groups excluding tert-OH is 3. The highest BCUT2D eigenvalue weighted by Gasteiger charge is 2.73. The summed E-state index contributed by atoms with van der Waals surface area (Å²) < 4.78 is 6.11. The Kier molecular flexibility index (Phi) is 6.95. The zero-order chi connectivity index (χ0) is 28.2. The van der Waals surface area contributed by atoms with Crippen LogP contribution in [-0.2, 0) is 9.53 Å². The number of ether oxygens (including phenoxy) is 1. The van der Waals surface area contributed by atoms with Crippen molar-refractivity contribution in [1.29, 1.82) is 0 Å². The molecule has 0 aromatic carbocycles. The largest absolute Gasteiger partial charge is 0.459 e. The van der Waals surface area contributed by atoms with Gasteiger partial charge in [-0.05, 0) is 91.3 Å². The van der Waals surface area contributed by atoms with Gasteiger partial charge in [0.2, 0.25) is 0 Å². The van der Waals surface area contributed by atoms with E-state index in [0.29, 0.717) is 54.3 Å². The summed E-state index contributed by atoms with van der Waals surface area (Å²) in [5.41, 5.74) is -2.30. The van der Waals surface area contributed by atoms with E-state index in [0.717, 1.165) is 12.8 Å². The molecule has 5 fully saturated rings. The number of carbonyl (C=O) groups is 1. The number of hydrogen-bond acceptors (Lipinski definition) is 6. The lowest BCUT2D eigenvalue weighted by Gasteiger charge is -2.67. The van der Waals surface area contributed by atoms with Crippen molar-refractivity contribution in [1.82, 2.24) is 0 Å².